The van der Waals surface area contributed by atoms with E-state index in [1.807, 2.05) is 27.7 Å². The first-order valence-electron chi connectivity index (χ1n) is 4.94. The normalized spacial score (nSPS) is 29.1. The van der Waals surface area contributed by atoms with Crippen molar-refractivity contribution >= 4 is 13.2 Å². The van der Waals surface area contributed by atoms with Gasteiger partial charge in [-0.2, -0.15) is 0 Å². The smallest absolute Gasteiger partial charge is 0.406 e. The van der Waals surface area contributed by atoms with E-state index in [1.54, 1.807) is 6.08 Å². The fourth-order valence-corrected chi connectivity index (χ4v) is 1.56. The maximum Gasteiger partial charge on any atom is 0.460 e. The lowest BCUT2D eigenvalue weighted by Crippen LogP contribution is -2.30. The second-order valence-corrected chi connectivity index (χ2v) is 4.02. The minimum Gasteiger partial charge on any atom is -0.406 e. The molecule has 0 aromatic rings. The second-order valence-electron chi connectivity index (χ2n) is 4.02. The van der Waals surface area contributed by atoms with Crippen molar-refractivity contribution in [2.45, 2.75) is 51.8 Å². The molecule has 5 heteroatoms. The third-order valence-electron chi connectivity index (χ3n) is 2.38. The van der Waals surface area contributed by atoms with Crippen LogP contribution in [0.5, 0.6) is 0 Å². The van der Waals surface area contributed by atoms with Gasteiger partial charge in [-0.05, 0) is 19.7 Å². The summed E-state index contributed by atoms with van der Waals surface area (Å²) < 4.78 is 11.2. The monoisotopic (exact) mass is 197 g/mol. The number of hydrogen-bond donors (Lipinski definition) is 0. The van der Waals surface area contributed by atoms with Gasteiger partial charge in [-0.3, -0.25) is 0 Å². The van der Waals surface area contributed by atoms with Crippen molar-refractivity contribution in [3.63, 3.8) is 0 Å². The molecule has 1 fully saturated rings. The SMILES string of the molecule is CC(C)B1O[C@@H](C)[C@H](C(C)N=C=O)O1. The van der Waals surface area contributed by atoms with Crippen LogP contribution < -0.4 is 0 Å². The molecule has 0 bridgehead atoms. The molecule has 0 aromatic heterocycles. The third kappa shape index (κ3) is 2.44. The van der Waals surface area contributed by atoms with Gasteiger partial charge in [0.05, 0.1) is 18.2 Å². The van der Waals surface area contributed by atoms with Crippen LogP contribution in [0.3, 0.4) is 0 Å². The number of carbonyl (C=O) groups excluding carboxylic acids is 1. The molecule has 1 saturated heterocycles. The van der Waals surface area contributed by atoms with Gasteiger partial charge in [0.15, 0.2) is 0 Å². The molecule has 1 rings (SSSR count). The number of nitrogens with zero attached hydrogens (tertiary/aromatic N) is 1. The summed E-state index contributed by atoms with van der Waals surface area (Å²) in [5.41, 5.74) is 0. The van der Waals surface area contributed by atoms with Gasteiger partial charge in [0.2, 0.25) is 6.08 Å². The Balaban J connectivity index is 2.60. The number of rotatable bonds is 3. The molecule has 78 valence electrons. The molecule has 1 aliphatic rings. The van der Waals surface area contributed by atoms with E-state index in [9.17, 15) is 4.79 Å². The predicted molar refractivity (Wildman–Crippen MR) is 53.9 cm³/mol. The van der Waals surface area contributed by atoms with Gasteiger partial charge in [-0.15, -0.1) is 0 Å². The van der Waals surface area contributed by atoms with Crippen LogP contribution in [0.1, 0.15) is 27.7 Å². The summed E-state index contributed by atoms with van der Waals surface area (Å²) in [7, 11) is -0.181. The zero-order valence-corrected chi connectivity index (χ0v) is 9.06. The summed E-state index contributed by atoms with van der Waals surface area (Å²) >= 11 is 0. The average molecular weight is 197 g/mol. The summed E-state index contributed by atoms with van der Waals surface area (Å²) in [5.74, 6) is 0.315. The fourth-order valence-electron chi connectivity index (χ4n) is 1.56. The zero-order chi connectivity index (χ0) is 10.7. The van der Waals surface area contributed by atoms with E-state index in [4.69, 9.17) is 9.31 Å². The lowest BCUT2D eigenvalue weighted by atomic mass is 9.75. The molecule has 0 radical (unpaired) electrons. The van der Waals surface area contributed by atoms with Crippen LogP contribution in [0.15, 0.2) is 4.99 Å². The van der Waals surface area contributed by atoms with Crippen molar-refractivity contribution in [1.29, 1.82) is 0 Å². The molecule has 3 atom stereocenters. The number of aliphatic imine (C=N–C) groups is 1. The van der Waals surface area contributed by atoms with E-state index in [0.717, 1.165) is 0 Å². The Morgan fingerprint density at radius 1 is 1.36 bits per heavy atom. The molecular formula is C9H16BNO3. The second kappa shape index (κ2) is 4.74. The van der Waals surface area contributed by atoms with Crippen LogP contribution >= 0.6 is 0 Å². The van der Waals surface area contributed by atoms with Crippen molar-refractivity contribution < 1.29 is 14.1 Å². The molecule has 0 N–H and O–H groups in total. The molecule has 4 nitrogen and oxygen atoms in total. The topological polar surface area (TPSA) is 47.9 Å². The number of hydrogen-bond acceptors (Lipinski definition) is 4. The van der Waals surface area contributed by atoms with Crippen molar-refractivity contribution in [2.24, 2.45) is 4.99 Å². The highest BCUT2D eigenvalue weighted by Gasteiger charge is 2.41. The molecule has 0 saturated carbocycles. The first kappa shape index (κ1) is 11.4. The molecule has 0 aromatic carbocycles. The standard InChI is InChI=1S/C9H16BNO3/c1-6(2)10-13-8(4)9(14-10)7(3)11-5-12/h6-9H,1-4H3/t7?,8-,9-/m0/s1. The average Bonchev–Trinajstić information content (AvgIpc) is 2.48. The van der Waals surface area contributed by atoms with Gasteiger partial charge in [-0.25, -0.2) is 9.79 Å². The summed E-state index contributed by atoms with van der Waals surface area (Å²) in [6.45, 7) is 7.84. The Morgan fingerprint density at radius 2 is 2.00 bits per heavy atom. The molecule has 1 aliphatic heterocycles. The quantitative estimate of drug-likeness (QED) is 0.390. The van der Waals surface area contributed by atoms with Crippen molar-refractivity contribution in [3.05, 3.63) is 0 Å². The number of isocyanates is 1. The molecule has 0 aliphatic carbocycles. The summed E-state index contributed by atoms with van der Waals surface area (Å²) in [6.07, 6.45) is 1.39. The zero-order valence-electron chi connectivity index (χ0n) is 9.06. The van der Waals surface area contributed by atoms with Gasteiger partial charge in [-0.1, -0.05) is 13.8 Å². The molecule has 0 spiro atoms. The Morgan fingerprint density at radius 3 is 2.43 bits per heavy atom. The first-order chi connectivity index (χ1) is 6.56. The predicted octanol–water partition coefficient (Wildman–Crippen LogP) is 1.41. The van der Waals surface area contributed by atoms with E-state index >= 15 is 0 Å². The van der Waals surface area contributed by atoms with E-state index in [1.165, 1.54) is 0 Å². The maximum atomic E-state index is 10.1. The summed E-state index contributed by atoms with van der Waals surface area (Å²) in [6, 6.07) is -0.189. The molecule has 14 heavy (non-hydrogen) atoms. The van der Waals surface area contributed by atoms with Crippen LogP contribution in [0, 0.1) is 0 Å². The minimum absolute atomic E-state index is 0.0190. The van der Waals surface area contributed by atoms with Gasteiger partial charge in [0.1, 0.15) is 0 Å². The van der Waals surface area contributed by atoms with Crippen LogP contribution in [0.2, 0.25) is 5.82 Å². The summed E-state index contributed by atoms with van der Waals surface area (Å²) in [4.78, 5) is 13.7. The Labute approximate surface area is 84.8 Å². The highest BCUT2D eigenvalue weighted by molar-refractivity contribution is 6.46. The van der Waals surface area contributed by atoms with E-state index in [2.05, 4.69) is 4.99 Å². The molecular weight excluding hydrogens is 181 g/mol. The lowest BCUT2D eigenvalue weighted by Gasteiger charge is -2.16. The highest BCUT2D eigenvalue weighted by Crippen LogP contribution is 2.26. The molecule has 1 unspecified atom stereocenters. The van der Waals surface area contributed by atoms with Gasteiger partial charge in [0, 0.05) is 0 Å². The first-order valence-corrected chi connectivity index (χ1v) is 4.94. The Kier molecular flexibility index (Phi) is 3.87. The summed E-state index contributed by atoms with van der Waals surface area (Å²) in [5, 5.41) is 0. The third-order valence-corrected chi connectivity index (χ3v) is 2.38. The van der Waals surface area contributed by atoms with E-state index < -0.39 is 0 Å². The lowest BCUT2D eigenvalue weighted by molar-refractivity contribution is 0.150. The van der Waals surface area contributed by atoms with Crippen molar-refractivity contribution in [1.82, 2.24) is 0 Å². The van der Waals surface area contributed by atoms with Crippen molar-refractivity contribution in [3.8, 4) is 0 Å². The van der Waals surface area contributed by atoms with Crippen LogP contribution in [0.25, 0.3) is 0 Å². The Hall–Kier alpha value is -0.635. The Bertz CT molecular complexity index is 240. The van der Waals surface area contributed by atoms with Gasteiger partial charge in [0.25, 0.3) is 0 Å². The van der Waals surface area contributed by atoms with E-state index in [-0.39, 0.29) is 25.4 Å². The fraction of sp³-hybridized carbons (Fsp3) is 0.889. The van der Waals surface area contributed by atoms with Crippen molar-refractivity contribution in [2.75, 3.05) is 0 Å². The van der Waals surface area contributed by atoms with Crippen LogP contribution in [-0.2, 0) is 14.1 Å². The van der Waals surface area contributed by atoms with Gasteiger partial charge < -0.3 is 9.31 Å². The van der Waals surface area contributed by atoms with Crippen LogP contribution in [-0.4, -0.2) is 31.4 Å². The molecule has 0 amide bonds. The van der Waals surface area contributed by atoms with Gasteiger partial charge >= 0.3 is 7.12 Å². The minimum atomic E-state index is -0.189. The van der Waals surface area contributed by atoms with E-state index in [0.29, 0.717) is 5.82 Å². The highest BCUT2D eigenvalue weighted by atomic mass is 16.7. The van der Waals surface area contributed by atoms with Crippen LogP contribution in [0.4, 0.5) is 0 Å². The largest absolute Gasteiger partial charge is 0.460 e. The molecule has 1 heterocycles. The maximum absolute atomic E-state index is 10.1.